The highest BCUT2D eigenvalue weighted by Gasteiger charge is 2.27. The number of benzene rings is 2. The standard InChI is InChI=1S/C24H32N4O3S/c1-26-13-15-27(16-14-26)19-21-6-4-5-20(17-21)18-25-24(29)22-7-9-23(10-8-22)32(30,31)28-11-2-3-12-28/h4-10,17H,2-3,11-16,18-19H2,1H3,(H,25,29). The molecule has 0 spiro atoms. The number of rotatable bonds is 7. The Balaban J connectivity index is 1.32. The van der Waals surface area contributed by atoms with Crippen molar-refractivity contribution in [3.8, 4) is 0 Å². The van der Waals surface area contributed by atoms with Gasteiger partial charge in [-0.15, -0.1) is 0 Å². The van der Waals surface area contributed by atoms with Crippen LogP contribution in [0, 0.1) is 0 Å². The molecule has 0 bridgehead atoms. The Morgan fingerprint density at radius 1 is 0.906 bits per heavy atom. The number of hydrogen-bond acceptors (Lipinski definition) is 5. The number of amides is 1. The Bertz CT molecular complexity index is 1030. The van der Waals surface area contributed by atoms with Gasteiger partial charge in [0.1, 0.15) is 0 Å². The third-order valence-corrected chi connectivity index (χ3v) is 8.18. The molecule has 2 aliphatic rings. The van der Waals surface area contributed by atoms with Crippen molar-refractivity contribution < 1.29 is 13.2 Å². The molecular formula is C24H32N4O3S. The van der Waals surface area contributed by atoms with Crippen LogP contribution in [0.1, 0.15) is 34.3 Å². The van der Waals surface area contributed by atoms with Gasteiger partial charge < -0.3 is 10.2 Å². The summed E-state index contributed by atoms with van der Waals surface area (Å²) < 4.78 is 26.8. The number of hydrogen-bond donors (Lipinski definition) is 1. The van der Waals surface area contributed by atoms with Gasteiger partial charge in [-0.1, -0.05) is 24.3 Å². The number of carbonyl (C=O) groups excluding carboxylic acids is 1. The highest BCUT2D eigenvalue weighted by Crippen LogP contribution is 2.21. The van der Waals surface area contributed by atoms with Gasteiger partial charge in [-0.2, -0.15) is 4.31 Å². The predicted octanol–water partition coefficient (Wildman–Crippen LogP) is 2.15. The van der Waals surface area contributed by atoms with E-state index in [1.165, 1.54) is 22.0 Å². The Morgan fingerprint density at radius 3 is 2.25 bits per heavy atom. The van der Waals surface area contributed by atoms with Crippen LogP contribution in [0.5, 0.6) is 0 Å². The summed E-state index contributed by atoms with van der Waals surface area (Å²) in [6.07, 6.45) is 1.80. The summed E-state index contributed by atoms with van der Waals surface area (Å²) in [6.45, 7) is 6.81. The van der Waals surface area contributed by atoms with E-state index in [1.807, 2.05) is 12.1 Å². The second-order valence-corrected chi connectivity index (χ2v) is 10.7. The van der Waals surface area contributed by atoms with Crippen molar-refractivity contribution in [1.29, 1.82) is 0 Å². The van der Waals surface area contributed by atoms with Crippen LogP contribution in [-0.2, 0) is 23.1 Å². The third kappa shape index (κ3) is 5.56. The Kier molecular flexibility index (Phi) is 7.25. The topological polar surface area (TPSA) is 73.0 Å². The second kappa shape index (κ2) is 10.1. The quantitative estimate of drug-likeness (QED) is 0.691. The summed E-state index contributed by atoms with van der Waals surface area (Å²) in [6, 6.07) is 14.5. The van der Waals surface area contributed by atoms with Crippen molar-refractivity contribution in [2.75, 3.05) is 46.3 Å². The van der Waals surface area contributed by atoms with Gasteiger partial charge >= 0.3 is 0 Å². The van der Waals surface area contributed by atoms with Crippen molar-refractivity contribution in [3.63, 3.8) is 0 Å². The van der Waals surface area contributed by atoms with Crippen LogP contribution >= 0.6 is 0 Å². The minimum absolute atomic E-state index is 0.209. The molecular weight excluding hydrogens is 424 g/mol. The van der Waals surface area contributed by atoms with Gasteiger partial charge in [0.2, 0.25) is 10.0 Å². The highest BCUT2D eigenvalue weighted by molar-refractivity contribution is 7.89. The van der Waals surface area contributed by atoms with Gasteiger partial charge in [0.25, 0.3) is 5.91 Å². The van der Waals surface area contributed by atoms with Gasteiger partial charge in [-0.3, -0.25) is 9.69 Å². The predicted molar refractivity (Wildman–Crippen MR) is 125 cm³/mol. The van der Waals surface area contributed by atoms with E-state index in [0.717, 1.165) is 51.1 Å². The van der Waals surface area contributed by atoms with E-state index in [-0.39, 0.29) is 10.8 Å². The summed E-state index contributed by atoms with van der Waals surface area (Å²) in [5.74, 6) is -0.209. The van der Waals surface area contributed by atoms with Crippen molar-refractivity contribution in [2.45, 2.75) is 30.8 Å². The molecule has 2 fully saturated rings. The fourth-order valence-electron chi connectivity index (χ4n) is 4.24. The number of carbonyl (C=O) groups is 1. The zero-order valence-corrected chi connectivity index (χ0v) is 19.5. The van der Waals surface area contributed by atoms with E-state index < -0.39 is 10.0 Å². The van der Waals surface area contributed by atoms with E-state index in [0.29, 0.717) is 25.2 Å². The number of nitrogens with zero attached hydrogens (tertiary/aromatic N) is 3. The lowest BCUT2D eigenvalue weighted by atomic mass is 10.1. The molecule has 172 valence electrons. The molecule has 4 rings (SSSR count). The molecule has 2 heterocycles. The van der Waals surface area contributed by atoms with Crippen LogP contribution in [0.3, 0.4) is 0 Å². The molecule has 0 radical (unpaired) electrons. The molecule has 0 unspecified atom stereocenters. The first-order valence-electron chi connectivity index (χ1n) is 11.3. The zero-order chi connectivity index (χ0) is 22.6. The molecule has 0 saturated carbocycles. The largest absolute Gasteiger partial charge is 0.348 e. The lowest BCUT2D eigenvalue weighted by molar-refractivity contribution is 0.0950. The fraction of sp³-hybridized carbons (Fsp3) is 0.458. The Morgan fingerprint density at radius 2 is 1.56 bits per heavy atom. The number of likely N-dealkylation sites (N-methyl/N-ethyl adjacent to an activating group) is 1. The summed E-state index contributed by atoms with van der Waals surface area (Å²) in [5, 5.41) is 2.95. The van der Waals surface area contributed by atoms with E-state index in [9.17, 15) is 13.2 Å². The number of nitrogens with one attached hydrogen (secondary N) is 1. The first-order chi connectivity index (χ1) is 15.4. The summed E-state index contributed by atoms with van der Waals surface area (Å²) in [7, 11) is -1.31. The van der Waals surface area contributed by atoms with Gasteiger partial charge in [-0.05, 0) is 55.3 Å². The zero-order valence-electron chi connectivity index (χ0n) is 18.7. The number of sulfonamides is 1. The molecule has 1 N–H and O–H groups in total. The molecule has 32 heavy (non-hydrogen) atoms. The summed E-state index contributed by atoms with van der Waals surface area (Å²) in [4.78, 5) is 17.6. The first kappa shape index (κ1) is 22.9. The molecule has 2 aliphatic heterocycles. The molecule has 7 nitrogen and oxygen atoms in total. The van der Waals surface area contributed by atoms with Crippen molar-refractivity contribution in [1.82, 2.24) is 19.4 Å². The maximum atomic E-state index is 12.6. The summed E-state index contributed by atoms with van der Waals surface area (Å²) >= 11 is 0. The van der Waals surface area contributed by atoms with Crippen LogP contribution in [0.25, 0.3) is 0 Å². The van der Waals surface area contributed by atoms with Crippen LogP contribution in [-0.4, -0.2) is 74.7 Å². The lowest BCUT2D eigenvalue weighted by Crippen LogP contribution is -2.43. The maximum Gasteiger partial charge on any atom is 0.251 e. The van der Waals surface area contributed by atoms with Crippen LogP contribution in [0.4, 0.5) is 0 Å². The van der Waals surface area contributed by atoms with Gasteiger partial charge in [0.05, 0.1) is 4.90 Å². The Hall–Kier alpha value is -2.26. The van der Waals surface area contributed by atoms with Crippen molar-refractivity contribution in [2.24, 2.45) is 0 Å². The van der Waals surface area contributed by atoms with Crippen LogP contribution < -0.4 is 5.32 Å². The van der Waals surface area contributed by atoms with Crippen molar-refractivity contribution in [3.05, 3.63) is 65.2 Å². The highest BCUT2D eigenvalue weighted by atomic mass is 32.2. The monoisotopic (exact) mass is 456 g/mol. The molecule has 0 atom stereocenters. The number of piperazine rings is 1. The van der Waals surface area contributed by atoms with E-state index >= 15 is 0 Å². The normalized spacial score (nSPS) is 18.7. The molecule has 0 aliphatic carbocycles. The molecule has 2 saturated heterocycles. The molecule has 0 aromatic heterocycles. The average molecular weight is 457 g/mol. The first-order valence-corrected chi connectivity index (χ1v) is 12.7. The molecule has 8 heteroatoms. The van der Waals surface area contributed by atoms with Crippen LogP contribution in [0.15, 0.2) is 53.4 Å². The van der Waals surface area contributed by atoms with Gasteiger partial charge in [0, 0.05) is 57.9 Å². The fourth-order valence-corrected chi connectivity index (χ4v) is 5.76. The molecule has 1 amide bonds. The van der Waals surface area contributed by atoms with Crippen LogP contribution in [0.2, 0.25) is 0 Å². The van der Waals surface area contributed by atoms with Crippen molar-refractivity contribution >= 4 is 15.9 Å². The Labute approximate surface area is 191 Å². The summed E-state index contributed by atoms with van der Waals surface area (Å²) in [5.41, 5.74) is 2.76. The average Bonchev–Trinajstić information content (AvgIpc) is 3.35. The third-order valence-electron chi connectivity index (χ3n) is 6.27. The second-order valence-electron chi connectivity index (χ2n) is 8.72. The minimum Gasteiger partial charge on any atom is -0.348 e. The SMILES string of the molecule is CN1CCN(Cc2cccc(CNC(=O)c3ccc(S(=O)(=O)N4CCCC4)cc3)c2)CC1. The minimum atomic E-state index is -3.46. The van der Waals surface area contributed by atoms with E-state index in [2.05, 4.69) is 34.3 Å². The van der Waals surface area contributed by atoms with Gasteiger partial charge in [-0.25, -0.2) is 8.42 Å². The smallest absolute Gasteiger partial charge is 0.251 e. The lowest BCUT2D eigenvalue weighted by Gasteiger charge is -2.32. The maximum absolute atomic E-state index is 12.6. The molecule has 2 aromatic carbocycles. The van der Waals surface area contributed by atoms with E-state index in [1.54, 1.807) is 12.1 Å². The van der Waals surface area contributed by atoms with Gasteiger partial charge in [0.15, 0.2) is 0 Å². The molecule has 2 aromatic rings. The van der Waals surface area contributed by atoms with E-state index in [4.69, 9.17) is 0 Å².